The first-order valence-corrected chi connectivity index (χ1v) is 11.0. The summed E-state index contributed by atoms with van der Waals surface area (Å²) in [6, 6.07) is 7.10. The second-order valence-electron chi connectivity index (χ2n) is 7.37. The van der Waals surface area contributed by atoms with Gasteiger partial charge in [-0.3, -0.25) is 4.79 Å². The SMILES string of the molecule is N#C/C(=C/Nc1cc(Cl)ccc1Cl)C(=O)NC1CCCCCCCCCCC1. The van der Waals surface area contributed by atoms with E-state index in [0.717, 1.165) is 25.7 Å². The number of anilines is 1. The van der Waals surface area contributed by atoms with Crippen LogP contribution in [0.5, 0.6) is 0 Å². The summed E-state index contributed by atoms with van der Waals surface area (Å²) >= 11 is 12.1. The normalized spacial score (nSPS) is 17.7. The van der Waals surface area contributed by atoms with Crippen molar-refractivity contribution >= 4 is 34.8 Å². The molecule has 6 heteroatoms. The molecule has 4 nitrogen and oxygen atoms in total. The third-order valence-corrected chi connectivity index (χ3v) is 5.67. The van der Waals surface area contributed by atoms with Gasteiger partial charge in [-0.05, 0) is 31.0 Å². The molecule has 0 saturated heterocycles. The van der Waals surface area contributed by atoms with E-state index < -0.39 is 0 Å². The molecule has 1 amide bonds. The molecule has 1 fully saturated rings. The van der Waals surface area contributed by atoms with Crippen molar-refractivity contribution in [3.63, 3.8) is 0 Å². The van der Waals surface area contributed by atoms with Crippen LogP contribution in [-0.4, -0.2) is 11.9 Å². The van der Waals surface area contributed by atoms with Crippen molar-refractivity contribution in [3.8, 4) is 6.07 Å². The molecule has 1 saturated carbocycles. The summed E-state index contributed by atoms with van der Waals surface area (Å²) in [4.78, 5) is 12.6. The van der Waals surface area contributed by atoms with Crippen LogP contribution in [0, 0.1) is 11.3 Å². The van der Waals surface area contributed by atoms with Gasteiger partial charge in [-0.1, -0.05) is 81.0 Å². The molecule has 1 aliphatic carbocycles. The van der Waals surface area contributed by atoms with Crippen LogP contribution in [0.2, 0.25) is 10.0 Å². The van der Waals surface area contributed by atoms with Gasteiger partial charge in [0.1, 0.15) is 11.6 Å². The van der Waals surface area contributed by atoms with Crippen LogP contribution < -0.4 is 10.6 Å². The number of nitrogens with one attached hydrogen (secondary N) is 2. The maximum absolute atomic E-state index is 12.6. The lowest BCUT2D eigenvalue weighted by Crippen LogP contribution is -2.35. The lowest BCUT2D eigenvalue weighted by molar-refractivity contribution is -0.117. The van der Waals surface area contributed by atoms with Crippen LogP contribution in [0.15, 0.2) is 30.0 Å². The average Bonchev–Trinajstić information content (AvgIpc) is 2.67. The Kier molecular flexibility index (Phi) is 10.2. The molecular weight excluding hydrogens is 393 g/mol. The molecule has 1 aliphatic rings. The maximum atomic E-state index is 12.6. The highest BCUT2D eigenvalue weighted by atomic mass is 35.5. The lowest BCUT2D eigenvalue weighted by Gasteiger charge is -2.19. The molecule has 152 valence electrons. The zero-order chi connectivity index (χ0) is 20.2. The van der Waals surface area contributed by atoms with E-state index in [1.165, 1.54) is 51.1 Å². The number of rotatable bonds is 4. The summed E-state index contributed by atoms with van der Waals surface area (Å²) in [5.41, 5.74) is 0.586. The number of nitrogens with zero attached hydrogens (tertiary/aromatic N) is 1. The number of hydrogen-bond acceptors (Lipinski definition) is 3. The Bertz CT molecular complexity index is 700. The van der Waals surface area contributed by atoms with Crippen molar-refractivity contribution in [1.29, 1.82) is 5.26 Å². The predicted octanol–water partition coefficient (Wildman–Crippen LogP) is 6.60. The zero-order valence-corrected chi connectivity index (χ0v) is 17.8. The monoisotopic (exact) mass is 421 g/mol. The molecule has 0 unspecified atom stereocenters. The van der Waals surface area contributed by atoms with E-state index in [4.69, 9.17) is 23.2 Å². The summed E-state index contributed by atoms with van der Waals surface area (Å²) in [5.74, 6) is -0.342. The number of nitriles is 1. The van der Waals surface area contributed by atoms with Crippen LogP contribution in [-0.2, 0) is 4.79 Å². The molecule has 0 heterocycles. The van der Waals surface area contributed by atoms with Gasteiger partial charge in [0, 0.05) is 17.3 Å². The van der Waals surface area contributed by atoms with E-state index in [1.807, 2.05) is 6.07 Å². The molecule has 1 aromatic rings. The van der Waals surface area contributed by atoms with Crippen LogP contribution in [0.3, 0.4) is 0 Å². The third-order valence-electron chi connectivity index (χ3n) is 5.11. The Balaban J connectivity index is 1.96. The van der Waals surface area contributed by atoms with Crippen LogP contribution in [0.1, 0.15) is 70.6 Å². The van der Waals surface area contributed by atoms with Crippen LogP contribution in [0.25, 0.3) is 0 Å². The minimum Gasteiger partial charge on any atom is -0.359 e. The molecule has 0 spiro atoms. The quantitative estimate of drug-likeness (QED) is 0.424. The molecule has 2 N–H and O–H groups in total. The molecule has 0 aromatic heterocycles. The van der Waals surface area contributed by atoms with Crippen molar-refractivity contribution in [2.24, 2.45) is 0 Å². The standard InChI is InChI=1S/C22H29Cl2N3O/c23-18-12-13-20(24)21(14-18)26-16-17(15-25)22(28)27-19-10-8-6-4-2-1-3-5-7-9-11-19/h12-14,16,19,26H,1-11H2,(H,27,28)/b17-16-. The highest BCUT2D eigenvalue weighted by molar-refractivity contribution is 6.35. The smallest absolute Gasteiger partial charge is 0.263 e. The van der Waals surface area contributed by atoms with Crippen molar-refractivity contribution in [3.05, 3.63) is 40.0 Å². The topological polar surface area (TPSA) is 64.9 Å². The van der Waals surface area contributed by atoms with E-state index in [9.17, 15) is 10.1 Å². The Hall–Kier alpha value is -1.70. The van der Waals surface area contributed by atoms with E-state index in [0.29, 0.717) is 15.7 Å². The first kappa shape index (κ1) is 22.6. The molecule has 2 rings (SSSR count). The van der Waals surface area contributed by atoms with Crippen LogP contribution >= 0.6 is 23.2 Å². The van der Waals surface area contributed by atoms with E-state index >= 15 is 0 Å². The second kappa shape index (κ2) is 12.7. The Labute approximate surface area is 178 Å². The number of halogens is 2. The predicted molar refractivity (Wildman–Crippen MR) is 116 cm³/mol. The summed E-state index contributed by atoms with van der Waals surface area (Å²) in [5, 5.41) is 16.4. The fourth-order valence-electron chi connectivity index (χ4n) is 3.48. The minimum atomic E-state index is -0.342. The highest BCUT2D eigenvalue weighted by Gasteiger charge is 2.16. The Morgan fingerprint density at radius 3 is 2.14 bits per heavy atom. The molecule has 0 bridgehead atoms. The van der Waals surface area contributed by atoms with E-state index in [1.54, 1.807) is 18.2 Å². The maximum Gasteiger partial charge on any atom is 0.263 e. The number of hydrogen-bond donors (Lipinski definition) is 2. The molecule has 0 atom stereocenters. The summed E-state index contributed by atoms with van der Waals surface area (Å²) in [7, 11) is 0. The van der Waals surface area contributed by atoms with Gasteiger partial charge >= 0.3 is 0 Å². The third kappa shape index (κ3) is 8.12. The average molecular weight is 422 g/mol. The fourth-order valence-corrected chi connectivity index (χ4v) is 3.82. The number of benzene rings is 1. The number of carbonyl (C=O) groups is 1. The largest absolute Gasteiger partial charge is 0.359 e. The van der Waals surface area contributed by atoms with E-state index in [2.05, 4.69) is 10.6 Å². The van der Waals surface area contributed by atoms with Gasteiger partial charge in [0.05, 0.1) is 10.7 Å². The zero-order valence-electron chi connectivity index (χ0n) is 16.3. The number of amides is 1. The van der Waals surface area contributed by atoms with Crippen LogP contribution in [0.4, 0.5) is 5.69 Å². The molecule has 28 heavy (non-hydrogen) atoms. The Morgan fingerprint density at radius 2 is 1.57 bits per heavy atom. The lowest BCUT2D eigenvalue weighted by atomic mass is 9.98. The molecule has 0 aliphatic heterocycles. The summed E-state index contributed by atoms with van der Waals surface area (Å²) < 4.78 is 0. The molecule has 1 aromatic carbocycles. The van der Waals surface area contributed by atoms with Gasteiger partial charge < -0.3 is 10.6 Å². The highest BCUT2D eigenvalue weighted by Crippen LogP contribution is 2.25. The second-order valence-corrected chi connectivity index (χ2v) is 8.21. The van der Waals surface area contributed by atoms with Gasteiger partial charge in [0.25, 0.3) is 5.91 Å². The first-order chi connectivity index (χ1) is 13.6. The minimum absolute atomic E-state index is 0.0298. The van der Waals surface area contributed by atoms with Gasteiger partial charge in [-0.15, -0.1) is 0 Å². The van der Waals surface area contributed by atoms with Gasteiger partial charge in [0.15, 0.2) is 0 Å². The molecular formula is C22H29Cl2N3O. The number of carbonyl (C=O) groups excluding carboxylic acids is 1. The first-order valence-electron chi connectivity index (χ1n) is 10.2. The van der Waals surface area contributed by atoms with Gasteiger partial charge in [0.2, 0.25) is 0 Å². The Morgan fingerprint density at radius 1 is 1.00 bits per heavy atom. The fraction of sp³-hybridized carbons (Fsp3) is 0.545. The van der Waals surface area contributed by atoms with Crippen molar-refractivity contribution in [2.45, 2.75) is 76.7 Å². The van der Waals surface area contributed by atoms with Crippen molar-refractivity contribution < 1.29 is 4.79 Å². The van der Waals surface area contributed by atoms with Gasteiger partial charge in [-0.2, -0.15) is 5.26 Å². The van der Waals surface area contributed by atoms with Crippen molar-refractivity contribution in [2.75, 3.05) is 5.32 Å². The van der Waals surface area contributed by atoms with Gasteiger partial charge in [-0.25, -0.2) is 0 Å². The summed E-state index contributed by atoms with van der Waals surface area (Å²) in [6.45, 7) is 0. The summed E-state index contributed by atoms with van der Waals surface area (Å²) in [6.07, 6.45) is 14.5. The van der Waals surface area contributed by atoms with E-state index in [-0.39, 0.29) is 17.5 Å². The van der Waals surface area contributed by atoms with Crippen molar-refractivity contribution in [1.82, 2.24) is 5.32 Å². The molecule has 0 radical (unpaired) electrons.